The van der Waals surface area contributed by atoms with Gasteiger partial charge >= 0.3 is 12.1 Å². The molecule has 1 heterocycles. The maximum absolute atomic E-state index is 14.1. The fraction of sp³-hybridized carbons (Fsp3) is 0.286. The van der Waals surface area contributed by atoms with Crippen LogP contribution in [0.15, 0.2) is 42.6 Å². The van der Waals surface area contributed by atoms with Crippen molar-refractivity contribution in [3.05, 3.63) is 93.6 Å². The lowest BCUT2D eigenvalue weighted by Gasteiger charge is -2.17. The SMILES string of the molecule is CCOC(=O)c1cc(C2=C(c3cc(C)ccc3OCc3c(F)cc(F)cc3F)CCC2)cnc1C(F)(F)F. The van der Waals surface area contributed by atoms with E-state index in [1.165, 1.54) is 6.92 Å². The van der Waals surface area contributed by atoms with E-state index in [-0.39, 0.29) is 6.61 Å². The lowest BCUT2D eigenvalue weighted by molar-refractivity contribution is -0.141. The second kappa shape index (κ2) is 10.9. The summed E-state index contributed by atoms with van der Waals surface area (Å²) in [6.45, 7) is 2.71. The van der Waals surface area contributed by atoms with Crippen molar-refractivity contribution in [2.75, 3.05) is 6.61 Å². The van der Waals surface area contributed by atoms with Crippen molar-refractivity contribution in [3.63, 3.8) is 0 Å². The number of hydrogen-bond acceptors (Lipinski definition) is 4. The van der Waals surface area contributed by atoms with Crippen molar-refractivity contribution in [2.24, 2.45) is 0 Å². The summed E-state index contributed by atoms with van der Waals surface area (Å²) >= 11 is 0. The Morgan fingerprint density at radius 3 is 2.34 bits per heavy atom. The van der Waals surface area contributed by atoms with Crippen LogP contribution in [0.4, 0.5) is 26.3 Å². The van der Waals surface area contributed by atoms with Crippen molar-refractivity contribution in [1.29, 1.82) is 0 Å². The van der Waals surface area contributed by atoms with Crippen LogP contribution in [0.25, 0.3) is 11.1 Å². The molecule has 0 saturated carbocycles. The molecule has 0 atom stereocenters. The van der Waals surface area contributed by atoms with Crippen LogP contribution in [0.5, 0.6) is 5.75 Å². The number of carbonyl (C=O) groups excluding carboxylic acids is 1. The summed E-state index contributed by atoms with van der Waals surface area (Å²) in [6.07, 6.45) is -2.06. The number of hydrogen-bond donors (Lipinski definition) is 0. The number of nitrogens with zero attached hydrogens (tertiary/aromatic N) is 1. The molecule has 0 aliphatic heterocycles. The molecule has 0 fully saturated rings. The highest BCUT2D eigenvalue weighted by Crippen LogP contribution is 2.44. The van der Waals surface area contributed by atoms with Gasteiger partial charge in [-0.1, -0.05) is 11.6 Å². The highest BCUT2D eigenvalue weighted by Gasteiger charge is 2.38. The van der Waals surface area contributed by atoms with E-state index in [4.69, 9.17) is 9.47 Å². The zero-order valence-electron chi connectivity index (χ0n) is 20.5. The van der Waals surface area contributed by atoms with E-state index in [2.05, 4.69) is 4.98 Å². The lowest BCUT2D eigenvalue weighted by Crippen LogP contribution is -2.17. The van der Waals surface area contributed by atoms with E-state index in [1.54, 1.807) is 18.2 Å². The number of alkyl halides is 3. The van der Waals surface area contributed by atoms with Crippen molar-refractivity contribution in [1.82, 2.24) is 4.98 Å². The number of aryl methyl sites for hydroxylation is 1. The monoisotopic (exact) mass is 535 g/mol. The average molecular weight is 535 g/mol. The minimum absolute atomic E-state index is 0.104. The van der Waals surface area contributed by atoms with E-state index in [0.29, 0.717) is 53.8 Å². The summed E-state index contributed by atoms with van der Waals surface area (Å²) < 4.78 is 92.7. The van der Waals surface area contributed by atoms with Gasteiger partial charge in [-0.05, 0) is 68.0 Å². The predicted molar refractivity (Wildman–Crippen MR) is 128 cm³/mol. The smallest absolute Gasteiger partial charge is 0.434 e. The first-order valence-corrected chi connectivity index (χ1v) is 11.8. The van der Waals surface area contributed by atoms with E-state index >= 15 is 0 Å². The summed E-state index contributed by atoms with van der Waals surface area (Å²) in [7, 11) is 0. The molecule has 1 aliphatic carbocycles. The van der Waals surface area contributed by atoms with Crippen LogP contribution in [0, 0.1) is 24.4 Å². The molecule has 0 N–H and O–H groups in total. The maximum Gasteiger partial charge on any atom is 0.434 e. The first-order chi connectivity index (χ1) is 18.0. The van der Waals surface area contributed by atoms with Gasteiger partial charge in [0.25, 0.3) is 0 Å². The van der Waals surface area contributed by atoms with Crippen molar-refractivity contribution in [3.8, 4) is 5.75 Å². The largest absolute Gasteiger partial charge is 0.488 e. The Morgan fingerprint density at radius 2 is 1.68 bits per heavy atom. The highest BCUT2D eigenvalue weighted by molar-refractivity contribution is 5.97. The molecule has 1 aliphatic rings. The van der Waals surface area contributed by atoms with Gasteiger partial charge in [-0.25, -0.2) is 18.0 Å². The minimum atomic E-state index is -4.85. The summed E-state index contributed by atoms with van der Waals surface area (Å²) in [5.74, 6) is -4.05. The van der Waals surface area contributed by atoms with Gasteiger partial charge in [-0.2, -0.15) is 13.2 Å². The van der Waals surface area contributed by atoms with Crippen molar-refractivity contribution >= 4 is 17.1 Å². The van der Waals surface area contributed by atoms with E-state index in [1.807, 2.05) is 6.92 Å². The fourth-order valence-electron chi connectivity index (χ4n) is 4.45. The average Bonchev–Trinajstić information content (AvgIpc) is 3.33. The van der Waals surface area contributed by atoms with Gasteiger partial charge in [0.15, 0.2) is 5.69 Å². The molecule has 4 nitrogen and oxygen atoms in total. The van der Waals surface area contributed by atoms with Gasteiger partial charge in [-0.3, -0.25) is 4.98 Å². The maximum atomic E-state index is 14.1. The molecule has 3 aromatic rings. The standard InChI is InChI=1S/C28H23F6NO3/c1-3-37-27(36)21-10-16(13-35-26(21)28(32,33)34)18-5-4-6-19(18)20-9-15(2)7-8-25(20)38-14-22-23(30)11-17(29)12-24(22)31/h7-13H,3-6,14H2,1-2H3. The summed E-state index contributed by atoms with van der Waals surface area (Å²) in [5.41, 5.74) is 0.745. The van der Waals surface area contributed by atoms with E-state index in [9.17, 15) is 31.1 Å². The molecule has 0 saturated heterocycles. The first-order valence-electron chi connectivity index (χ1n) is 11.8. The highest BCUT2D eigenvalue weighted by atomic mass is 19.4. The third-order valence-electron chi connectivity index (χ3n) is 6.16. The Morgan fingerprint density at radius 1 is 1.00 bits per heavy atom. The summed E-state index contributed by atoms with van der Waals surface area (Å²) in [4.78, 5) is 15.9. The number of pyridine rings is 1. The van der Waals surface area contributed by atoms with Crippen molar-refractivity contribution < 1.29 is 40.6 Å². The number of allylic oxidation sites excluding steroid dienone is 2. The molecule has 10 heteroatoms. The molecular weight excluding hydrogens is 512 g/mol. The van der Waals surface area contributed by atoms with Crippen LogP contribution < -0.4 is 4.74 Å². The van der Waals surface area contributed by atoms with Crippen LogP contribution in [0.1, 0.15) is 64.5 Å². The number of ether oxygens (including phenoxy) is 2. The Hall–Kier alpha value is -3.82. The van der Waals surface area contributed by atoms with Crippen molar-refractivity contribution in [2.45, 2.75) is 45.9 Å². The quantitative estimate of drug-likeness (QED) is 0.230. The Labute approximate surface area is 214 Å². The molecule has 0 amide bonds. The molecule has 4 rings (SSSR count). The van der Waals surface area contributed by atoms with Gasteiger partial charge in [-0.15, -0.1) is 0 Å². The van der Waals surface area contributed by atoms with Gasteiger partial charge in [0.2, 0.25) is 0 Å². The van der Waals surface area contributed by atoms with Crippen LogP contribution in [0.3, 0.4) is 0 Å². The molecule has 0 bridgehead atoms. The zero-order chi connectivity index (χ0) is 27.6. The third-order valence-corrected chi connectivity index (χ3v) is 6.16. The molecule has 38 heavy (non-hydrogen) atoms. The number of esters is 1. The minimum Gasteiger partial charge on any atom is -0.488 e. The Bertz CT molecular complexity index is 1390. The Balaban J connectivity index is 1.77. The summed E-state index contributed by atoms with van der Waals surface area (Å²) in [6, 6.07) is 7.43. The van der Waals surface area contributed by atoms with Gasteiger partial charge in [0.05, 0.1) is 17.7 Å². The van der Waals surface area contributed by atoms with Crippen LogP contribution in [-0.2, 0) is 17.5 Å². The number of halogens is 6. The fourth-order valence-corrected chi connectivity index (χ4v) is 4.45. The predicted octanol–water partition coefficient (Wildman–Crippen LogP) is 7.68. The van der Waals surface area contributed by atoms with E-state index < -0.39 is 53.0 Å². The van der Waals surface area contributed by atoms with Crippen LogP contribution >= 0.6 is 0 Å². The molecule has 0 spiro atoms. The molecule has 200 valence electrons. The van der Waals surface area contributed by atoms with E-state index in [0.717, 1.165) is 23.4 Å². The molecule has 0 unspecified atom stereocenters. The lowest BCUT2D eigenvalue weighted by atomic mass is 9.95. The molecule has 1 aromatic heterocycles. The molecule has 0 radical (unpaired) electrons. The second-order valence-corrected chi connectivity index (χ2v) is 8.79. The molecule has 2 aromatic carbocycles. The second-order valence-electron chi connectivity index (χ2n) is 8.79. The zero-order valence-corrected chi connectivity index (χ0v) is 20.5. The third kappa shape index (κ3) is 5.69. The van der Waals surface area contributed by atoms with Gasteiger partial charge in [0.1, 0.15) is 29.8 Å². The number of benzene rings is 2. The van der Waals surface area contributed by atoms with Crippen LogP contribution in [-0.4, -0.2) is 17.6 Å². The van der Waals surface area contributed by atoms with Gasteiger partial charge in [0, 0.05) is 23.9 Å². The normalized spacial score (nSPS) is 13.7. The van der Waals surface area contributed by atoms with Gasteiger partial charge < -0.3 is 9.47 Å². The van der Waals surface area contributed by atoms with Crippen LogP contribution in [0.2, 0.25) is 0 Å². The first kappa shape index (κ1) is 27.2. The summed E-state index contributed by atoms with van der Waals surface area (Å²) in [5, 5.41) is 0. The Kier molecular flexibility index (Phi) is 7.80. The topological polar surface area (TPSA) is 48.4 Å². The number of rotatable bonds is 7. The number of carbonyl (C=O) groups is 1. The number of aromatic nitrogens is 1. The molecular formula is C28H23F6NO3.